The normalized spacial score (nSPS) is 41.3. The van der Waals surface area contributed by atoms with E-state index in [-0.39, 0.29) is 0 Å². The van der Waals surface area contributed by atoms with E-state index in [0.29, 0.717) is 5.41 Å². The van der Waals surface area contributed by atoms with Gasteiger partial charge in [0.05, 0.1) is 0 Å². The van der Waals surface area contributed by atoms with Crippen LogP contribution in [0.4, 0.5) is 5.69 Å². The monoisotopic (exact) mass is 241 g/mol. The number of hydrogen-bond donors (Lipinski definition) is 1. The molecule has 4 bridgehead atoms. The Morgan fingerprint density at radius 2 is 1.50 bits per heavy atom. The van der Waals surface area contributed by atoms with E-state index >= 15 is 0 Å². The summed E-state index contributed by atoms with van der Waals surface area (Å²) >= 11 is 0. The maximum Gasteiger partial charge on any atom is 0.0319 e. The van der Waals surface area contributed by atoms with Gasteiger partial charge < -0.3 is 5.73 Å². The van der Waals surface area contributed by atoms with Crippen molar-refractivity contribution in [2.24, 2.45) is 17.8 Å². The molecule has 0 radical (unpaired) electrons. The summed E-state index contributed by atoms with van der Waals surface area (Å²) in [6.07, 6.45) is 8.84. The van der Waals surface area contributed by atoms with Gasteiger partial charge in [0.25, 0.3) is 0 Å². The highest BCUT2D eigenvalue weighted by molar-refractivity contribution is 5.47. The van der Waals surface area contributed by atoms with E-state index in [2.05, 4.69) is 25.1 Å². The van der Waals surface area contributed by atoms with Crippen LogP contribution in [0.25, 0.3) is 0 Å². The fourth-order valence-electron chi connectivity index (χ4n) is 5.58. The van der Waals surface area contributed by atoms with Crippen LogP contribution in [0.3, 0.4) is 0 Å². The molecule has 0 aliphatic heterocycles. The van der Waals surface area contributed by atoms with Crippen molar-refractivity contribution >= 4 is 5.69 Å². The van der Waals surface area contributed by atoms with Crippen molar-refractivity contribution in [1.29, 1.82) is 0 Å². The van der Waals surface area contributed by atoms with Gasteiger partial charge in [0.1, 0.15) is 0 Å². The van der Waals surface area contributed by atoms with Crippen molar-refractivity contribution in [3.8, 4) is 0 Å². The number of hydrogen-bond acceptors (Lipinski definition) is 1. The third kappa shape index (κ3) is 1.52. The Kier molecular flexibility index (Phi) is 2.13. The quantitative estimate of drug-likeness (QED) is 0.738. The molecule has 0 unspecified atom stereocenters. The molecule has 4 fully saturated rings. The Labute approximate surface area is 110 Å². The molecule has 5 rings (SSSR count). The molecule has 1 heteroatoms. The number of benzene rings is 1. The first-order valence-corrected chi connectivity index (χ1v) is 7.51. The Morgan fingerprint density at radius 3 is 2.00 bits per heavy atom. The van der Waals surface area contributed by atoms with Crippen molar-refractivity contribution in [3.05, 3.63) is 29.3 Å². The van der Waals surface area contributed by atoms with Gasteiger partial charge >= 0.3 is 0 Å². The zero-order valence-electron chi connectivity index (χ0n) is 11.3. The predicted octanol–water partition coefficient (Wildman–Crippen LogP) is 4.05. The summed E-state index contributed by atoms with van der Waals surface area (Å²) in [5, 5.41) is 0. The van der Waals surface area contributed by atoms with Gasteiger partial charge in [0.2, 0.25) is 0 Å². The average Bonchev–Trinajstić information content (AvgIpc) is 2.25. The summed E-state index contributed by atoms with van der Waals surface area (Å²) in [5.74, 6) is 3.04. The topological polar surface area (TPSA) is 26.0 Å². The molecule has 18 heavy (non-hydrogen) atoms. The molecule has 96 valence electrons. The number of nitrogen functional groups attached to an aromatic ring is 1. The van der Waals surface area contributed by atoms with E-state index in [9.17, 15) is 0 Å². The molecule has 4 aliphatic rings. The highest BCUT2D eigenvalue weighted by Gasteiger charge is 2.51. The first kappa shape index (κ1) is 10.9. The summed E-state index contributed by atoms with van der Waals surface area (Å²) in [7, 11) is 0. The number of nitrogens with two attached hydrogens (primary N) is 1. The third-order valence-electron chi connectivity index (χ3n) is 5.75. The largest absolute Gasteiger partial charge is 0.399 e. The lowest BCUT2D eigenvalue weighted by Crippen LogP contribution is -2.48. The van der Waals surface area contributed by atoms with Crippen molar-refractivity contribution in [1.82, 2.24) is 0 Å². The molecular formula is C17H23N. The average molecular weight is 241 g/mol. The summed E-state index contributed by atoms with van der Waals surface area (Å²) in [5.41, 5.74) is 10.4. The second-order valence-corrected chi connectivity index (χ2v) is 7.33. The molecule has 2 N–H and O–H groups in total. The van der Waals surface area contributed by atoms with Gasteiger partial charge in [0.15, 0.2) is 0 Å². The van der Waals surface area contributed by atoms with Crippen molar-refractivity contribution in [2.75, 3.05) is 5.73 Å². The molecule has 4 aliphatic carbocycles. The lowest BCUT2D eigenvalue weighted by Gasteiger charge is -2.57. The zero-order valence-corrected chi connectivity index (χ0v) is 11.3. The van der Waals surface area contributed by atoms with Crippen LogP contribution in [-0.4, -0.2) is 0 Å². The van der Waals surface area contributed by atoms with E-state index in [1.165, 1.54) is 44.1 Å². The van der Waals surface area contributed by atoms with Gasteiger partial charge in [-0.25, -0.2) is 0 Å². The van der Waals surface area contributed by atoms with Gasteiger partial charge in [0, 0.05) is 5.69 Å². The zero-order chi connectivity index (χ0) is 12.3. The Bertz CT molecular complexity index is 433. The van der Waals surface area contributed by atoms with E-state index in [1.54, 1.807) is 5.56 Å². The standard InChI is InChI=1S/C17H23N/c1-11-2-15(7-16(18)3-11)17-8-12-4-13(9-17)6-14(5-12)10-17/h2-3,7,12-14H,4-6,8-10,18H2,1H3. The van der Waals surface area contributed by atoms with Crippen LogP contribution in [0.15, 0.2) is 18.2 Å². The highest BCUT2D eigenvalue weighted by Crippen LogP contribution is 2.60. The molecule has 4 saturated carbocycles. The summed E-state index contributed by atoms with van der Waals surface area (Å²) < 4.78 is 0. The molecule has 0 amide bonds. The van der Waals surface area contributed by atoms with Crippen molar-refractivity contribution < 1.29 is 0 Å². The maximum absolute atomic E-state index is 6.08. The van der Waals surface area contributed by atoms with Gasteiger partial charge in [-0.05, 0) is 91.9 Å². The SMILES string of the molecule is Cc1cc(N)cc(C23CC4CC(CC(C4)C2)C3)c1. The smallest absolute Gasteiger partial charge is 0.0319 e. The minimum Gasteiger partial charge on any atom is -0.399 e. The summed E-state index contributed by atoms with van der Waals surface area (Å²) in [4.78, 5) is 0. The highest BCUT2D eigenvalue weighted by atomic mass is 14.6. The molecule has 0 spiro atoms. The van der Waals surface area contributed by atoms with Crippen LogP contribution in [0.2, 0.25) is 0 Å². The molecule has 1 aromatic carbocycles. The second-order valence-electron chi connectivity index (χ2n) is 7.33. The van der Waals surface area contributed by atoms with Crippen LogP contribution in [0, 0.1) is 24.7 Å². The fourth-order valence-corrected chi connectivity index (χ4v) is 5.58. The number of anilines is 1. The Morgan fingerprint density at radius 1 is 0.944 bits per heavy atom. The number of aryl methyl sites for hydroxylation is 1. The van der Waals surface area contributed by atoms with Crippen LogP contribution < -0.4 is 5.73 Å². The molecule has 0 saturated heterocycles. The molecule has 0 atom stereocenters. The van der Waals surface area contributed by atoms with Gasteiger partial charge in [-0.3, -0.25) is 0 Å². The molecule has 0 aromatic heterocycles. The van der Waals surface area contributed by atoms with Crippen LogP contribution in [0.5, 0.6) is 0 Å². The molecular weight excluding hydrogens is 218 g/mol. The Balaban J connectivity index is 1.79. The minimum atomic E-state index is 0.495. The first-order chi connectivity index (χ1) is 8.63. The first-order valence-electron chi connectivity index (χ1n) is 7.51. The Hall–Kier alpha value is -0.980. The summed E-state index contributed by atoms with van der Waals surface area (Å²) in [6, 6.07) is 6.77. The van der Waals surface area contributed by atoms with Crippen LogP contribution in [-0.2, 0) is 5.41 Å². The second kappa shape index (κ2) is 3.53. The van der Waals surface area contributed by atoms with E-state index in [0.717, 1.165) is 23.4 Å². The lowest BCUT2D eigenvalue weighted by atomic mass is 9.48. The molecule has 1 aromatic rings. The maximum atomic E-state index is 6.08. The molecule has 0 heterocycles. The van der Waals surface area contributed by atoms with Crippen molar-refractivity contribution in [2.45, 2.75) is 50.9 Å². The van der Waals surface area contributed by atoms with Gasteiger partial charge in [-0.2, -0.15) is 0 Å². The van der Waals surface area contributed by atoms with Crippen molar-refractivity contribution in [3.63, 3.8) is 0 Å². The number of rotatable bonds is 1. The third-order valence-corrected chi connectivity index (χ3v) is 5.75. The predicted molar refractivity (Wildman–Crippen MR) is 75.4 cm³/mol. The lowest BCUT2D eigenvalue weighted by molar-refractivity contribution is -0.00518. The van der Waals surface area contributed by atoms with Crippen LogP contribution in [0.1, 0.15) is 49.7 Å². The molecule has 1 nitrogen and oxygen atoms in total. The minimum absolute atomic E-state index is 0.495. The summed E-state index contributed by atoms with van der Waals surface area (Å²) in [6.45, 7) is 2.18. The van der Waals surface area contributed by atoms with Gasteiger partial charge in [-0.15, -0.1) is 0 Å². The van der Waals surface area contributed by atoms with Crippen LogP contribution >= 0.6 is 0 Å². The fraction of sp³-hybridized carbons (Fsp3) is 0.647. The van der Waals surface area contributed by atoms with E-state index in [4.69, 9.17) is 5.73 Å². The van der Waals surface area contributed by atoms with E-state index < -0.39 is 0 Å². The van der Waals surface area contributed by atoms with E-state index in [1.807, 2.05) is 0 Å². The van der Waals surface area contributed by atoms with Gasteiger partial charge in [-0.1, -0.05) is 6.07 Å².